The lowest BCUT2D eigenvalue weighted by molar-refractivity contribution is -0.138. The Balaban J connectivity index is 3.74. The van der Waals surface area contributed by atoms with Crippen LogP contribution in [-0.2, 0) is 9.59 Å². The molecule has 2 N–H and O–H groups in total. The van der Waals surface area contributed by atoms with Gasteiger partial charge in [0.2, 0.25) is 5.91 Å². The fourth-order valence-electron chi connectivity index (χ4n) is 1.41. The summed E-state index contributed by atoms with van der Waals surface area (Å²) in [6.07, 6.45) is 2.10. The van der Waals surface area contributed by atoms with Crippen molar-refractivity contribution >= 4 is 11.9 Å². The van der Waals surface area contributed by atoms with Crippen LogP contribution in [0.5, 0.6) is 0 Å². The third kappa shape index (κ3) is 7.97. The molecule has 0 bridgehead atoms. The number of amides is 1. The molecule has 15 heavy (non-hydrogen) atoms. The monoisotopic (exact) mass is 215 g/mol. The predicted octanol–water partition coefficient (Wildman–Crippen LogP) is 1.79. The van der Waals surface area contributed by atoms with Crippen LogP contribution in [0.1, 0.15) is 46.5 Å². The number of aliphatic carboxylic acids is 1. The van der Waals surface area contributed by atoms with Gasteiger partial charge in [-0.2, -0.15) is 0 Å². The average Bonchev–Trinajstić information content (AvgIpc) is 2.11. The van der Waals surface area contributed by atoms with E-state index in [-0.39, 0.29) is 24.2 Å². The minimum atomic E-state index is -0.932. The lowest BCUT2D eigenvalue weighted by Crippen LogP contribution is -2.34. The third-order valence-corrected chi connectivity index (χ3v) is 2.26. The van der Waals surface area contributed by atoms with E-state index < -0.39 is 5.97 Å². The lowest BCUT2D eigenvalue weighted by atomic mass is 9.88. The Hall–Kier alpha value is -1.06. The van der Waals surface area contributed by atoms with E-state index in [1.54, 1.807) is 0 Å². The number of hydrogen-bond donors (Lipinski definition) is 2. The largest absolute Gasteiger partial charge is 0.481 e. The molecular formula is C11H21NO3. The summed E-state index contributed by atoms with van der Waals surface area (Å²) in [5.41, 5.74) is 0.0909. The summed E-state index contributed by atoms with van der Waals surface area (Å²) >= 11 is 0. The van der Waals surface area contributed by atoms with Crippen molar-refractivity contribution in [3.63, 3.8) is 0 Å². The van der Waals surface area contributed by atoms with Gasteiger partial charge in [-0.05, 0) is 11.8 Å². The molecule has 0 saturated carbocycles. The minimum Gasteiger partial charge on any atom is -0.481 e. The summed E-state index contributed by atoms with van der Waals surface area (Å²) in [6, 6.07) is 0. The maximum Gasteiger partial charge on any atom is 0.303 e. The molecule has 88 valence electrons. The highest BCUT2D eigenvalue weighted by molar-refractivity contribution is 5.80. The molecule has 0 radical (unpaired) electrons. The number of carbonyl (C=O) groups excluding carboxylic acids is 1. The Morgan fingerprint density at radius 3 is 2.33 bits per heavy atom. The maximum atomic E-state index is 11.2. The molecule has 0 atom stereocenters. The van der Waals surface area contributed by atoms with Crippen LogP contribution in [-0.4, -0.2) is 23.5 Å². The second kappa shape index (κ2) is 6.43. The fourth-order valence-corrected chi connectivity index (χ4v) is 1.41. The fraction of sp³-hybridized carbons (Fsp3) is 0.818. The van der Waals surface area contributed by atoms with Crippen molar-refractivity contribution in [1.82, 2.24) is 5.32 Å². The Kier molecular flexibility index (Phi) is 5.97. The Bertz CT molecular complexity index is 224. The van der Waals surface area contributed by atoms with Crippen LogP contribution < -0.4 is 5.32 Å². The molecular weight excluding hydrogens is 194 g/mol. The summed E-state index contributed by atoms with van der Waals surface area (Å²) in [6.45, 7) is 6.90. The molecule has 0 saturated heterocycles. The summed E-state index contributed by atoms with van der Waals surface area (Å²) in [5.74, 6) is -1.11. The van der Waals surface area contributed by atoms with Gasteiger partial charge < -0.3 is 10.4 Å². The van der Waals surface area contributed by atoms with Gasteiger partial charge >= 0.3 is 5.97 Å². The molecule has 4 nitrogen and oxygen atoms in total. The van der Waals surface area contributed by atoms with E-state index in [0.717, 1.165) is 12.8 Å². The first-order valence-electron chi connectivity index (χ1n) is 5.36. The van der Waals surface area contributed by atoms with Crippen LogP contribution in [0.3, 0.4) is 0 Å². The van der Waals surface area contributed by atoms with Gasteiger partial charge in [-0.3, -0.25) is 9.59 Å². The molecule has 0 aromatic carbocycles. The quantitative estimate of drug-likeness (QED) is 0.680. The highest BCUT2D eigenvalue weighted by Crippen LogP contribution is 2.20. The second-order valence-electron chi connectivity index (χ2n) is 4.58. The Labute approximate surface area is 91.1 Å². The smallest absolute Gasteiger partial charge is 0.303 e. The van der Waals surface area contributed by atoms with Crippen molar-refractivity contribution < 1.29 is 14.7 Å². The topological polar surface area (TPSA) is 66.4 Å². The SMILES string of the molecule is CCCC(C)(C)CNC(=O)CCC(=O)O. The maximum absolute atomic E-state index is 11.2. The van der Waals surface area contributed by atoms with Crippen molar-refractivity contribution in [2.75, 3.05) is 6.54 Å². The van der Waals surface area contributed by atoms with Crippen LogP contribution in [0.15, 0.2) is 0 Å². The number of carboxylic acid groups (broad SMARTS) is 1. The van der Waals surface area contributed by atoms with Crippen molar-refractivity contribution in [2.24, 2.45) is 5.41 Å². The molecule has 0 aliphatic carbocycles. The third-order valence-electron chi connectivity index (χ3n) is 2.26. The first-order chi connectivity index (χ1) is 6.87. The number of carboxylic acids is 1. The molecule has 0 fully saturated rings. The van der Waals surface area contributed by atoms with Gasteiger partial charge in [-0.1, -0.05) is 27.2 Å². The van der Waals surface area contributed by atoms with Crippen molar-refractivity contribution in [2.45, 2.75) is 46.5 Å². The van der Waals surface area contributed by atoms with Gasteiger partial charge in [-0.25, -0.2) is 0 Å². The van der Waals surface area contributed by atoms with E-state index in [0.29, 0.717) is 6.54 Å². The zero-order chi connectivity index (χ0) is 11.9. The molecule has 4 heteroatoms. The van der Waals surface area contributed by atoms with Crippen LogP contribution in [0.25, 0.3) is 0 Å². The number of rotatable bonds is 7. The predicted molar refractivity (Wildman–Crippen MR) is 58.6 cm³/mol. The standard InChI is InChI=1S/C11H21NO3/c1-4-7-11(2,3)8-12-9(13)5-6-10(14)15/h4-8H2,1-3H3,(H,12,13)(H,14,15). The van der Waals surface area contributed by atoms with Gasteiger partial charge in [-0.15, -0.1) is 0 Å². The molecule has 0 aromatic rings. The second-order valence-corrected chi connectivity index (χ2v) is 4.58. The average molecular weight is 215 g/mol. The number of carbonyl (C=O) groups is 2. The van der Waals surface area contributed by atoms with Gasteiger partial charge in [0.1, 0.15) is 0 Å². The van der Waals surface area contributed by atoms with Crippen LogP contribution in [0, 0.1) is 5.41 Å². The molecule has 0 aliphatic rings. The first-order valence-corrected chi connectivity index (χ1v) is 5.36. The van der Waals surface area contributed by atoms with E-state index in [9.17, 15) is 9.59 Å². The lowest BCUT2D eigenvalue weighted by Gasteiger charge is -2.24. The Morgan fingerprint density at radius 2 is 1.87 bits per heavy atom. The molecule has 0 aromatic heterocycles. The Morgan fingerprint density at radius 1 is 1.27 bits per heavy atom. The van der Waals surface area contributed by atoms with Crippen LogP contribution >= 0.6 is 0 Å². The summed E-state index contributed by atoms with van der Waals surface area (Å²) in [7, 11) is 0. The molecule has 0 unspecified atom stereocenters. The molecule has 0 spiro atoms. The summed E-state index contributed by atoms with van der Waals surface area (Å²) in [4.78, 5) is 21.5. The number of nitrogens with one attached hydrogen (secondary N) is 1. The van der Waals surface area contributed by atoms with Crippen LogP contribution in [0.2, 0.25) is 0 Å². The zero-order valence-electron chi connectivity index (χ0n) is 9.80. The van der Waals surface area contributed by atoms with E-state index in [2.05, 4.69) is 26.1 Å². The van der Waals surface area contributed by atoms with Crippen molar-refractivity contribution in [3.8, 4) is 0 Å². The van der Waals surface area contributed by atoms with Gasteiger partial charge in [0.05, 0.1) is 6.42 Å². The first kappa shape index (κ1) is 13.9. The van der Waals surface area contributed by atoms with Crippen molar-refractivity contribution in [3.05, 3.63) is 0 Å². The number of hydrogen-bond acceptors (Lipinski definition) is 2. The van der Waals surface area contributed by atoms with E-state index in [1.807, 2.05) is 0 Å². The van der Waals surface area contributed by atoms with Gasteiger partial charge in [0.25, 0.3) is 0 Å². The van der Waals surface area contributed by atoms with Crippen molar-refractivity contribution in [1.29, 1.82) is 0 Å². The van der Waals surface area contributed by atoms with E-state index in [4.69, 9.17) is 5.11 Å². The minimum absolute atomic E-state index is 0.0670. The molecule has 1 amide bonds. The molecule has 0 rings (SSSR count). The van der Waals surface area contributed by atoms with Crippen LogP contribution in [0.4, 0.5) is 0 Å². The van der Waals surface area contributed by atoms with E-state index in [1.165, 1.54) is 0 Å². The molecule has 0 heterocycles. The van der Waals surface area contributed by atoms with Gasteiger partial charge in [0.15, 0.2) is 0 Å². The summed E-state index contributed by atoms with van der Waals surface area (Å²) < 4.78 is 0. The zero-order valence-corrected chi connectivity index (χ0v) is 9.80. The highest BCUT2D eigenvalue weighted by Gasteiger charge is 2.17. The normalized spacial score (nSPS) is 11.1. The van der Waals surface area contributed by atoms with Gasteiger partial charge in [0, 0.05) is 13.0 Å². The molecule has 0 aliphatic heterocycles. The highest BCUT2D eigenvalue weighted by atomic mass is 16.4. The summed E-state index contributed by atoms with van der Waals surface area (Å²) in [5, 5.41) is 11.2. The van der Waals surface area contributed by atoms with E-state index >= 15 is 0 Å².